The first-order valence-electron chi connectivity index (χ1n) is 12.4. The third-order valence-corrected chi connectivity index (χ3v) is 5.97. The fraction of sp³-hybridized carbons (Fsp3) is 0.125. The zero-order valence-corrected chi connectivity index (χ0v) is 21.1. The molecule has 0 saturated carbocycles. The van der Waals surface area contributed by atoms with Crippen molar-refractivity contribution in [2.45, 2.75) is 13.8 Å². The Hall–Kier alpha value is -4.84. The van der Waals surface area contributed by atoms with E-state index in [1.165, 1.54) is 0 Å². The molecule has 0 aliphatic carbocycles. The van der Waals surface area contributed by atoms with Crippen LogP contribution < -0.4 is 0 Å². The first kappa shape index (κ1) is 24.8. The molecule has 0 unspecified atom stereocenters. The smallest absolute Gasteiger partial charge is 0.342 e. The van der Waals surface area contributed by atoms with E-state index in [1.54, 1.807) is 38.1 Å². The highest BCUT2D eigenvalue weighted by atomic mass is 16.5. The number of esters is 2. The van der Waals surface area contributed by atoms with Gasteiger partial charge in [-0.25, -0.2) is 9.59 Å². The van der Waals surface area contributed by atoms with Gasteiger partial charge >= 0.3 is 11.9 Å². The molecule has 0 saturated heterocycles. The summed E-state index contributed by atoms with van der Waals surface area (Å²) in [6, 6.07) is 22.8. The molecular weight excluding hydrogens is 480 g/mol. The lowest BCUT2D eigenvalue weighted by molar-refractivity contribution is 0.0517. The molecule has 6 nitrogen and oxygen atoms in total. The molecule has 0 aliphatic rings. The Morgan fingerprint density at radius 3 is 1.39 bits per heavy atom. The van der Waals surface area contributed by atoms with E-state index < -0.39 is 11.9 Å². The van der Waals surface area contributed by atoms with Crippen LogP contribution in [0.15, 0.2) is 81.6 Å². The van der Waals surface area contributed by atoms with E-state index in [4.69, 9.17) is 18.3 Å². The van der Waals surface area contributed by atoms with Crippen molar-refractivity contribution in [1.29, 1.82) is 0 Å². The second kappa shape index (κ2) is 11.0. The Morgan fingerprint density at radius 1 is 0.632 bits per heavy atom. The number of ether oxygens (including phenoxy) is 2. The molecular formula is C32H26O6. The van der Waals surface area contributed by atoms with E-state index in [0.717, 1.165) is 11.1 Å². The molecule has 2 aromatic heterocycles. The SMILES string of the molecule is CCOC(=O)c1c(/C=C/c2ccccc2)oc2cc3c(C(=O)OCC)c(/C=C/c4ccccc4)oc3cc12. The zero-order valence-electron chi connectivity index (χ0n) is 21.1. The van der Waals surface area contributed by atoms with Crippen molar-refractivity contribution in [3.05, 3.63) is 107 Å². The number of hydrogen-bond acceptors (Lipinski definition) is 6. The molecule has 0 spiro atoms. The van der Waals surface area contributed by atoms with E-state index in [2.05, 4.69) is 0 Å². The van der Waals surface area contributed by atoms with Gasteiger partial charge in [-0.05, 0) is 49.3 Å². The quantitative estimate of drug-likeness (QED) is 0.199. The van der Waals surface area contributed by atoms with Gasteiger partial charge in [0.05, 0.1) is 13.2 Å². The van der Waals surface area contributed by atoms with E-state index >= 15 is 0 Å². The highest BCUT2D eigenvalue weighted by Gasteiger charge is 2.26. The van der Waals surface area contributed by atoms with Gasteiger partial charge in [0.15, 0.2) is 0 Å². The predicted molar refractivity (Wildman–Crippen MR) is 149 cm³/mol. The van der Waals surface area contributed by atoms with Gasteiger partial charge in [0.2, 0.25) is 0 Å². The number of carbonyl (C=O) groups excluding carboxylic acids is 2. The summed E-state index contributed by atoms with van der Waals surface area (Å²) in [5, 5.41) is 1.07. The second-order valence-electron chi connectivity index (χ2n) is 8.46. The normalized spacial score (nSPS) is 11.6. The summed E-state index contributed by atoms with van der Waals surface area (Å²) in [7, 11) is 0. The lowest BCUT2D eigenvalue weighted by Crippen LogP contribution is -2.05. The van der Waals surface area contributed by atoms with Gasteiger partial charge in [-0.15, -0.1) is 0 Å². The Balaban J connectivity index is 1.67. The summed E-state index contributed by atoms with van der Waals surface area (Å²) in [4.78, 5) is 26.0. The van der Waals surface area contributed by atoms with Crippen LogP contribution >= 0.6 is 0 Å². The van der Waals surface area contributed by atoms with Crippen LogP contribution in [0.25, 0.3) is 46.2 Å². The molecule has 0 N–H and O–H groups in total. The van der Waals surface area contributed by atoms with E-state index in [1.807, 2.05) is 72.8 Å². The van der Waals surface area contributed by atoms with Crippen LogP contribution in [-0.2, 0) is 9.47 Å². The Morgan fingerprint density at radius 2 is 1.03 bits per heavy atom. The summed E-state index contributed by atoms with van der Waals surface area (Å²) in [5.41, 5.74) is 3.36. The van der Waals surface area contributed by atoms with Gasteiger partial charge in [-0.3, -0.25) is 0 Å². The molecule has 0 radical (unpaired) electrons. The number of hydrogen-bond donors (Lipinski definition) is 0. The van der Waals surface area contributed by atoms with Crippen molar-refractivity contribution in [2.24, 2.45) is 0 Å². The molecule has 3 aromatic carbocycles. The number of fused-ring (bicyclic) bond motifs is 2. The van der Waals surface area contributed by atoms with Crippen LogP contribution in [0.4, 0.5) is 0 Å². The minimum absolute atomic E-state index is 0.220. The molecule has 0 fully saturated rings. The first-order valence-corrected chi connectivity index (χ1v) is 12.4. The molecule has 5 rings (SSSR count). The lowest BCUT2D eigenvalue weighted by atomic mass is 10.1. The minimum Gasteiger partial charge on any atom is -0.462 e. The van der Waals surface area contributed by atoms with Gasteiger partial charge in [-0.1, -0.05) is 72.8 Å². The summed E-state index contributed by atoms with van der Waals surface area (Å²) in [6.07, 6.45) is 7.20. The lowest BCUT2D eigenvalue weighted by Gasteiger charge is -2.01. The zero-order chi connectivity index (χ0) is 26.5. The Bertz CT molecular complexity index is 1530. The summed E-state index contributed by atoms with van der Waals surface area (Å²) in [5.74, 6) is -0.284. The highest BCUT2D eigenvalue weighted by molar-refractivity contribution is 6.14. The van der Waals surface area contributed by atoms with Crippen LogP contribution in [-0.4, -0.2) is 25.2 Å². The van der Waals surface area contributed by atoms with Crippen molar-refractivity contribution in [3.8, 4) is 0 Å². The van der Waals surface area contributed by atoms with Gasteiger partial charge in [0, 0.05) is 10.8 Å². The Kier molecular flexibility index (Phi) is 7.22. The number of carbonyl (C=O) groups is 2. The summed E-state index contributed by atoms with van der Waals surface area (Å²) in [6.45, 7) is 3.94. The average molecular weight is 507 g/mol. The molecule has 190 valence electrons. The van der Waals surface area contributed by atoms with Crippen LogP contribution in [0.3, 0.4) is 0 Å². The van der Waals surface area contributed by atoms with E-state index in [0.29, 0.717) is 44.6 Å². The van der Waals surface area contributed by atoms with Crippen LogP contribution in [0, 0.1) is 0 Å². The molecule has 5 aromatic rings. The molecule has 2 heterocycles. The fourth-order valence-electron chi connectivity index (χ4n) is 4.26. The summed E-state index contributed by atoms with van der Waals surface area (Å²) >= 11 is 0. The predicted octanol–water partition coefficient (Wildman–Crippen LogP) is 7.87. The van der Waals surface area contributed by atoms with Crippen molar-refractivity contribution in [2.75, 3.05) is 13.2 Å². The maximum atomic E-state index is 13.0. The molecule has 6 heteroatoms. The molecule has 0 atom stereocenters. The largest absolute Gasteiger partial charge is 0.462 e. The molecule has 0 amide bonds. The summed E-state index contributed by atoms with van der Waals surface area (Å²) < 4.78 is 22.9. The Labute approximate surface area is 219 Å². The first-order chi connectivity index (χ1) is 18.6. The van der Waals surface area contributed by atoms with Crippen molar-refractivity contribution < 1.29 is 27.9 Å². The second-order valence-corrected chi connectivity index (χ2v) is 8.46. The van der Waals surface area contributed by atoms with Crippen LogP contribution in [0.1, 0.15) is 57.2 Å². The monoisotopic (exact) mass is 506 g/mol. The number of rotatable bonds is 8. The van der Waals surface area contributed by atoms with Crippen molar-refractivity contribution in [1.82, 2.24) is 0 Å². The molecule has 0 bridgehead atoms. The van der Waals surface area contributed by atoms with E-state index in [9.17, 15) is 9.59 Å². The number of benzene rings is 3. The van der Waals surface area contributed by atoms with Gasteiger partial charge in [-0.2, -0.15) is 0 Å². The maximum absolute atomic E-state index is 13.0. The van der Waals surface area contributed by atoms with E-state index in [-0.39, 0.29) is 13.2 Å². The third kappa shape index (κ3) is 5.02. The van der Waals surface area contributed by atoms with Crippen LogP contribution in [0.5, 0.6) is 0 Å². The van der Waals surface area contributed by atoms with Gasteiger partial charge < -0.3 is 18.3 Å². The van der Waals surface area contributed by atoms with Gasteiger partial charge in [0.1, 0.15) is 33.8 Å². The molecule has 38 heavy (non-hydrogen) atoms. The number of furan rings is 2. The topological polar surface area (TPSA) is 78.9 Å². The minimum atomic E-state index is -0.500. The van der Waals surface area contributed by atoms with Crippen molar-refractivity contribution >= 4 is 58.2 Å². The van der Waals surface area contributed by atoms with Crippen molar-refractivity contribution in [3.63, 3.8) is 0 Å². The molecule has 0 aliphatic heterocycles. The highest BCUT2D eigenvalue weighted by Crippen LogP contribution is 2.36. The maximum Gasteiger partial charge on any atom is 0.342 e. The standard InChI is InChI=1S/C32H26O6/c1-3-35-31(33)29-23-19-28-24(20-27(23)37-25(29)17-15-21-11-7-5-8-12-21)30(32(34)36-4-2)26(38-28)18-16-22-13-9-6-10-14-22/h5-20H,3-4H2,1-2H3/b17-15+,18-16+. The third-order valence-electron chi connectivity index (χ3n) is 5.97. The van der Waals surface area contributed by atoms with Crippen LogP contribution in [0.2, 0.25) is 0 Å². The van der Waals surface area contributed by atoms with Gasteiger partial charge in [0.25, 0.3) is 0 Å². The average Bonchev–Trinajstić information content (AvgIpc) is 3.47. The fourth-order valence-corrected chi connectivity index (χ4v) is 4.26.